The largest absolute Gasteiger partial charge is 0.359 e. The van der Waals surface area contributed by atoms with Crippen LogP contribution in [0.4, 0.5) is 5.82 Å². The summed E-state index contributed by atoms with van der Waals surface area (Å²) >= 11 is 0. The Bertz CT molecular complexity index is 412. The highest BCUT2D eigenvalue weighted by Crippen LogP contribution is 2.27. The molecule has 0 fully saturated rings. The number of hydrogen-bond acceptors (Lipinski definition) is 3. The minimum atomic E-state index is 0.585. The van der Waals surface area contributed by atoms with Gasteiger partial charge in [0.2, 0.25) is 0 Å². The molecule has 0 amide bonds. The van der Waals surface area contributed by atoms with Crippen molar-refractivity contribution in [1.82, 2.24) is 4.98 Å². The summed E-state index contributed by atoms with van der Waals surface area (Å²) in [5.41, 5.74) is 9.77. The second-order valence-electron chi connectivity index (χ2n) is 5.74. The molecule has 0 bridgehead atoms. The molecule has 0 unspecified atom stereocenters. The molecule has 2 rings (SSSR count). The summed E-state index contributed by atoms with van der Waals surface area (Å²) < 4.78 is 0. The Morgan fingerprint density at radius 1 is 1.39 bits per heavy atom. The summed E-state index contributed by atoms with van der Waals surface area (Å²) in [5, 5.41) is 0. The average molecular weight is 247 g/mol. The molecule has 0 radical (unpaired) electrons. The van der Waals surface area contributed by atoms with Crippen molar-refractivity contribution >= 4 is 5.82 Å². The zero-order chi connectivity index (χ0) is 13.1. The topological polar surface area (TPSA) is 42.2 Å². The van der Waals surface area contributed by atoms with E-state index in [1.165, 1.54) is 36.1 Å². The van der Waals surface area contributed by atoms with Crippen LogP contribution < -0.4 is 10.6 Å². The molecule has 0 atom stereocenters. The number of aryl methyl sites for hydroxylation is 2. The molecular formula is C15H25N3. The minimum Gasteiger partial charge on any atom is -0.359 e. The van der Waals surface area contributed by atoms with Crippen LogP contribution in [0.15, 0.2) is 6.07 Å². The molecule has 0 spiro atoms. The van der Waals surface area contributed by atoms with E-state index in [-0.39, 0.29) is 0 Å². The Morgan fingerprint density at radius 3 is 2.83 bits per heavy atom. The van der Waals surface area contributed by atoms with Crippen molar-refractivity contribution in [2.24, 2.45) is 11.7 Å². The van der Waals surface area contributed by atoms with Crippen molar-refractivity contribution in [1.29, 1.82) is 0 Å². The van der Waals surface area contributed by atoms with Crippen molar-refractivity contribution < 1.29 is 0 Å². The second-order valence-corrected chi connectivity index (χ2v) is 5.74. The second kappa shape index (κ2) is 5.70. The molecule has 1 heterocycles. The van der Waals surface area contributed by atoms with E-state index < -0.39 is 0 Å². The highest BCUT2D eigenvalue weighted by molar-refractivity contribution is 5.50. The van der Waals surface area contributed by atoms with Gasteiger partial charge < -0.3 is 10.6 Å². The van der Waals surface area contributed by atoms with Gasteiger partial charge in [-0.15, -0.1) is 0 Å². The first-order valence-electron chi connectivity index (χ1n) is 7.04. The lowest BCUT2D eigenvalue weighted by Crippen LogP contribution is -2.23. The molecule has 3 nitrogen and oxygen atoms in total. The predicted octanol–water partition coefficient (Wildman–Crippen LogP) is 2.51. The molecule has 1 aromatic heterocycles. The van der Waals surface area contributed by atoms with Crippen LogP contribution in [0.3, 0.4) is 0 Å². The van der Waals surface area contributed by atoms with Gasteiger partial charge in [-0.05, 0) is 43.2 Å². The number of nitrogens with zero attached hydrogens (tertiary/aromatic N) is 2. The lowest BCUT2D eigenvalue weighted by Gasteiger charge is -2.23. The highest BCUT2D eigenvalue weighted by atomic mass is 15.2. The zero-order valence-corrected chi connectivity index (χ0v) is 11.9. The monoisotopic (exact) mass is 247 g/mol. The normalized spacial score (nSPS) is 14.1. The van der Waals surface area contributed by atoms with Gasteiger partial charge in [0.05, 0.1) is 0 Å². The van der Waals surface area contributed by atoms with E-state index in [2.05, 4.69) is 31.9 Å². The third-order valence-corrected chi connectivity index (χ3v) is 3.73. The van der Waals surface area contributed by atoms with Gasteiger partial charge in [0.15, 0.2) is 0 Å². The quantitative estimate of drug-likeness (QED) is 0.869. The Labute approximate surface area is 110 Å². The molecule has 0 aliphatic heterocycles. The number of pyridine rings is 1. The fourth-order valence-corrected chi connectivity index (χ4v) is 2.55. The fourth-order valence-electron chi connectivity index (χ4n) is 2.55. The first kappa shape index (κ1) is 13.3. The van der Waals surface area contributed by atoms with Gasteiger partial charge in [-0.3, -0.25) is 0 Å². The first-order chi connectivity index (χ1) is 8.61. The van der Waals surface area contributed by atoms with Gasteiger partial charge >= 0.3 is 0 Å². The molecule has 0 saturated heterocycles. The van der Waals surface area contributed by atoms with Crippen molar-refractivity contribution in [3.63, 3.8) is 0 Å². The molecule has 1 aliphatic carbocycles. The summed E-state index contributed by atoms with van der Waals surface area (Å²) in [6, 6.07) is 2.27. The van der Waals surface area contributed by atoms with Crippen LogP contribution in [0, 0.1) is 5.92 Å². The molecule has 3 heteroatoms. The van der Waals surface area contributed by atoms with Crippen LogP contribution in [0.1, 0.15) is 43.5 Å². The maximum absolute atomic E-state index is 5.87. The van der Waals surface area contributed by atoms with Crippen LogP contribution >= 0.6 is 0 Å². The number of nitrogens with two attached hydrogens (primary N) is 1. The Morgan fingerprint density at radius 2 is 2.17 bits per heavy atom. The van der Waals surface area contributed by atoms with E-state index in [0.29, 0.717) is 6.54 Å². The molecule has 2 N–H and O–H groups in total. The molecule has 18 heavy (non-hydrogen) atoms. The van der Waals surface area contributed by atoms with Crippen molar-refractivity contribution in [2.45, 2.75) is 46.1 Å². The molecule has 1 aliphatic rings. The smallest absolute Gasteiger partial charge is 0.133 e. The minimum absolute atomic E-state index is 0.585. The van der Waals surface area contributed by atoms with E-state index in [1.54, 1.807) is 0 Å². The first-order valence-corrected chi connectivity index (χ1v) is 7.04. The summed E-state index contributed by atoms with van der Waals surface area (Å²) in [5.74, 6) is 1.82. The summed E-state index contributed by atoms with van der Waals surface area (Å²) in [4.78, 5) is 7.11. The molecule has 1 aromatic rings. The third-order valence-electron chi connectivity index (χ3n) is 3.73. The van der Waals surface area contributed by atoms with Gasteiger partial charge in [-0.25, -0.2) is 4.98 Å². The number of aromatic nitrogens is 1. The Kier molecular flexibility index (Phi) is 4.23. The third kappa shape index (κ3) is 2.83. The van der Waals surface area contributed by atoms with Crippen molar-refractivity contribution in [2.75, 3.05) is 18.5 Å². The maximum Gasteiger partial charge on any atom is 0.133 e. The lowest BCUT2D eigenvalue weighted by molar-refractivity contribution is 0.582. The van der Waals surface area contributed by atoms with Gasteiger partial charge in [0.25, 0.3) is 0 Å². The van der Waals surface area contributed by atoms with E-state index in [1.807, 2.05) is 0 Å². The van der Waals surface area contributed by atoms with Gasteiger partial charge in [0.1, 0.15) is 5.82 Å². The van der Waals surface area contributed by atoms with Crippen LogP contribution in [0.5, 0.6) is 0 Å². The highest BCUT2D eigenvalue weighted by Gasteiger charge is 2.17. The fraction of sp³-hybridized carbons (Fsp3) is 0.667. The SMILES string of the molecule is CC(C)CCN(C)c1nc2c(cc1CN)CCC2. The standard InChI is InChI=1S/C15H25N3/c1-11(2)7-8-18(3)15-13(10-16)9-12-5-4-6-14(12)17-15/h9,11H,4-8,10,16H2,1-3H3. The zero-order valence-electron chi connectivity index (χ0n) is 11.9. The predicted molar refractivity (Wildman–Crippen MR) is 76.9 cm³/mol. The number of anilines is 1. The molecule has 0 aromatic carbocycles. The molecular weight excluding hydrogens is 222 g/mol. The van der Waals surface area contributed by atoms with E-state index >= 15 is 0 Å². The molecule has 100 valence electrons. The van der Waals surface area contributed by atoms with E-state index in [9.17, 15) is 0 Å². The number of rotatable bonds is 5. The summed E-state index contributed by atoms with van der Waals surface area (Å²) in [6.45, 7) is 6.15. The average Bonchev–Trinajstić information content (AvgIpc) is 2.81. The van der Waals surface area contributed by atoms with Crippen LogP contribution in [-0.2, 0) is 19.4 Å². The van der Waals surface area contributed by atoms with E-state index in [4.69, 9.17) is 10.7 Å². The number of hydrogen-bond donors (Lipinski definition) is 1. The van der Waals surface area contributed by atoms with Crippen LogP contribution in [-0.4, -0.2) is 18.6 Å². The summed E-state index contributed by atoms with van der Waals surface area (Å²) in [6.07, 6.45) is 4.74. The van der Waals surface area contributed by atoms with Gasteiger partial charge in [0, 0.05) is 31.4 Å². The summed E-state index contributed by atoms with van der Waals surface area (Å²) in [7, 11) is 2.13. The van der Waals surface area contributed by atoms with E-state index in [0.717, 1.165) is 24.7 Å². The number of fused-ring (bicyclic) bond motifs is 1. The van der Waals surface area contributed by atoms with Gasteiger partial charge in [-0.1, -0.05) is 13.8 Å². The van der Waals surface area contributed by atoms with Crippen molar-refractivity contribution in [3.05, 3.63) is 22.9 Å². The van der Waals surface area contributed by atoms with Crippen LogP contribution in [0.2, 0.25) is 0 Å². The lowest BCUT2D eigenvalue weighted by atomic mass is 10.1. The Hall–Kier alpha value is -1.09. The Balaban J connectivity index is 2.20. The molecule has 0 saturated carbocycles. The maximum atomic E-state index is 5.87. The van der Waals surface area contributed by atoms with Crippen LogP contribution in [0.25, 0.3) is 0 Å². The van der Waals surface area contributed by atoms with Crippen molar-refractivity contribution in [3.8, 4) is 0 Å². The van der Waals surface area contributed by atoms with Gasteiger partial charge in [-0.2, -0.15) is 0 Å².